The topological polar surface area (TPSA) is 70.2 Å². The Labute approximate surface area is 144 Å². The fourth-order valence-corrected chi connectivity index (χ4v) is 2.14. The molecule has 0 fully saturated rings. The molecule has 0 aromatic heterocycles. The lowest BCUT2D eigenvalue weighted by atomic mass is 10.2. The van der Waals surface area contributed by atoms with E-state index in [1.165, 1.54) is 18.2 Å². The Morgan fingerprint density at radius 1 is 1.08 bits per heavy atom. The molecular formula is C17H17ClFN3O2. The van der Waals surface area contributed by atoms with Crippen LogP contribution in [0.5, 0.6) is 0 Å². The molecule has 0 aliphatic rings. The third kappa shape index (κ3) is 4.96. The summed E-state index contributed by atoms with van der Waals surface area (Å²) < 4.78 is 13.1. The molecule has 126 valence electrons. The standard InChI is InChI=1S/C17H17ClFN3O2/c1-2-20-17(24)11-3-5-12(6-4-11)21-10-16(23)22-13-7-8-15(19)14(18)9-13/h3-9,21H,2,10H2,1H3,(H,20,24)(H,22,23). The van der Waals surface area contributed by atoms with Gasteiger partial charge in [-0.15, -0.1) is 0 Å². The van der Waals surface area contributed by atoms with Gasteiger partial charge in [-0.05, 0) is 49.4 Å². The lowest BCUT2D eigenvalue weighted by molar-refractivity contribution is -0.114. The average molecular weight is 350 g/mol. The van der Waals surface area contributed by atoms with E-state index in [9.17, 15) is 14.0 Å². The number of rotatable bonds is 6. The van der Waals surface area contributed by atoms with Gasteiger partial charge in [0, 0.05) is 23.5 Å². The number of anilines is 2. The van der Waals surface area contributed by atoms with Crippen LogP contribution in [0.1, 0.15) is 17.3 Å². The minimum absolute atomic E-state index is 0.0233. The van der Waals surface area contributed by atoms with E-state index in [0.717, 1.165) is 0 Å². The molecule has 3 N–H and O–H groups in total. The Hall–Kier alpha value is -2.60. The van der Waals surface area contributed by atoms with Crippen molar-refractivity contribution in [3.05, 3.63) is 58.9 Å². The SMILES string of the molecule is CCNC(=O)c1ccc(NCC(=O)Nc2ccc(F)c(Cl)c2)cc1. The zero-order chi connectivity index (χ0) is 17.5. The van der Waals surface area contributed by atoms with Crippen molar-refractivity contribution < 1.29 is 14.0 Å². The van der Waals surface area contributed by atoms with Crippen molar-refractivity contribution in [3.8, 4) is 0 Å². The van der Waals surface area contributed by atoms with Crippen LogP contribution in [0.15, 0.2) is 42.5 Å². The van der Waals surface area contributed by atoms with Crippen molar-refractivity contribution in [2.24, 2.45) is 0 Å². The van der Waals surface area contributed by atoms with Crippen molar-refractivity contribution in [2.45, 2.75) is 6.92 Å². The maximum atomic E-state index is 13.1. The number of halogens is 2. The third-order valence-electron chi connectivity index (χ3n) is 3.14. The molecule has 0 aliphatic heterocycles. The number of nitrogens with one attached hydrogen (secondary N) is 3. The number of amides is 2. The number of carbonyl (C=O) groups is 2. The second-order valence-corrected chi connectivity index (χ2v) is 5.37. The lowest BCUT2D eigenvalue weighted by Crippen LogP contribution is -2.23. The molecule has 24 heavy (non-hydrogen) atoms. The van der Waals surface area contributed by atoms with Crippen molar-refractivity contribution in [2.75, 3.05) is 23.7 Å². The molecule has 0 saturated heterocycles. The highest BCUT2D eigenvalue weighted by molar-refractivity contribution is 6.31. The first-order valence-corrected chi connectivity index (χ1v) is 7.74. The first-order chi connectivity index (χ1) is 11.5. The van der Waals surface area contributed by atoms with Gasteiger partial charge in [-0.25, -0.2) is 4.39 Å². The van der Waals surface area contributed by atoms with Gasteiger partial charge in [-0.3, -0.25) is 9.59 Å². The van der Waals surface area contributed by atoms with Gasteiger partial charge in [0.05, 0.1) is 11.6 Å². The van der Waals surface area contributed by atoms with E-state index in [2.05, 4.69) is 16.0 Å². The number of benzene rings is 2. The zero-order valence-corrected chi connectivity index (χ0v) is 13.8. The zero-order valence-electron chi connectivity index (χ0n) is 13.0. The number of hydrogen-bond acceptors (Lipinski definition) is 3. The quantitative estimate of drug-likeness (QED) is 0.749. The summed E-state index contributed by atoms with van der Waals surface area (Å²) in [5.41, 5.74) is 1.67. The summed E-state index contributed by atoms with van der Waals surface area (Å²) in [5.74, 6) is -0.986. The van der Waals surface area contributed by atoms with Gasteiger partial charge in [0.25, 0.3) is 5.91 Å². The molecule has 2 aromatic rings. The van der Waals surface area contributed by atoms with Gasteiger partial charge in [-0.1, -0.05) is 11.6 Å². The fourth-order valence-electron chi connectivity index (χ4n) is 1.96. The molecular weight excluding hydrogens is 333 g/mol. The fraction of sp³-hybridized carbons (Fsp3) is 0.176. The first-order valence-electron chi connectivity index (χ1n) is 7.36. The first kappa shape index (κ1) is 17.7. The normalized spacial score (nSPS) is 10.1. The summed E-state index contributed by atoms with van der Waals surface area (Å²) in [5, 5.41) is 8.20. The van der Waals surface area contributed by atoms with Gasteiger partial charge in [0.15, 0.2) is 0 Å². The summed E-state index contributed by atoms with van der Waals surface area (Å²) in [6.45, 7) is 2.43. The van der Waals surface area contributed by atoms with E-state index in [1.807, 2.05) is 6.92 Å². The third-order valence-corrected chi connectivity index (χ3v) is 3.43. The lowest BCUT2D eigenvalue weighted by Gasteiger charge is -2.09. The summed E-state index contributed by atoms with van der Waals surface area (Å²) in [7, 11) is 0. The van der Waals surface area contributed by atoms with Gasteiger partial charge in [0.1, 0.15) is 5.82 Å². The number of hydrogen-bond donors (Lipinski definition) is 3. The largest absolute Gasteiger partial charge is 0.376 e. The highest BCUT2D eigenvalue weighted by atomic mass is 35.5. The van der Waals surface area contributed by atoms with E-state index in [4.69, 9.17) is 11.6 Å². The molecule has 0 heterocycles. The molecule has 7 heteroatoms. The van der Waals surface area contributed by atoms with Crippen molar-refractivity contribution in [1.82, 2.24) is 5.32 Å². The molecule has 5 nitrogen and oxygen atoms in total. The molecule has 0 spiro atoms. The molecule has 2 rings (SSSR count). The number of carbonyl (C=O) groups excluding carboxylic acids is 2. The van der Waals surface area contributed by atoms with Crippen molar-refractivity contribution in [3.63, 3.8) is 0 Å². The summed E-state index contributed by atoms with van der Waals surface area (Å²) in [6, 6.07) is 10.7. The minimum atomic E-state index is -0.542. The van der Waals surface area contributed by atoms with Gasteiger partial charge in [-0.2, -0.15) is 0 Å². The van der Waals surface area contributed by atoms with E-state index in [-0.39, 0.29) is 23.4 Å². The van der Waals surface area contributed by atoms with Crippen LogP contribution in [0.3, 0.4) is 0 Å². The van der Waals surface area contributed by atoms with Crippen molar-refractivity contribution >= 4 is 34.8 Å². The Balaban J connectivity index is 1.87. The van der Waals surface area contributed by atoms with Crippen LogP contribution < -0.4 is 16.0 Å². The van der Waals surface area contributed by atoms with Crippen LogP contribution in [0.4, 0.5) is 15.8 Å². The minimum Gasteiger partial charge on any atom is -0.376 e. The van der Waals surface area contributed by atoms with Crippen LogP contribution in [-0.2, 0) is 4.79 Å². The Morgan fingerprint density at radius 2 is 1.75 bits per heavy atom. The van der Waals surface area contributed by atoms with Gasteiger partial charge in [0.2, 0.25) is 5.91 Å². The van der Waals surface area contributed by atoms with Crippen LogP contribution >= 0.6 is 11.6 Å². The van der Waals surface area contributed by atoms with E-state index >= 15 is 0 Å². The van der Waals surface area contributed by atoms with Crippen LogP contribution in [0.25, 0.3) is 0 Å². The highest BCUT2D eigenvalue weighted by Crippen LogP contribution is 2.19. The van der Waals surface area contributed by atoms with E-state index < -0.39 is 5.82 Å². The van der Waals surface area contributed by atoms with Gasteiger partial charge < -0.3 is 16.0 Å². The maximum absolute atomic E-state index is 13.1. The molecule has 2 amide bonds. The predicted molar refractivity (Wildman–Crippen MR) is 93.0 cm³/mol. The van der Waals surface area contributed by atoms with E-state index in [1.54, 1.807) is 24.3 Å². The molecule has 0 atom stereocenters. The maximum Gasteiger partial charge on any atom is 0.251 e. The second-order valence-electron chi connectivity index (χ2n) is 4.97. The summed E-state index contributed by atoms with van der Waals surface area (Å²) in [4.78, 5) is 23.5. The Bertz CT molecular complexity index is 735. The van der Waals surface area contributed by atoms with Crippen LogP contribution in [0, 0.1) is 5.82 Å². The summed E-state index contributed by atoms with van der Waals surface area (Å²) >= 11 is 5.66. The Kier molecular flexibility index (Phi) is 6.14. The molecule has 2 aromatic carbocycles. The Morgan fingerprint density at radius 3 is 2.38 bits per heavy atom. The van der Waals surface area contributed by atoms with Crippen LogP contribution in [-0.4, -0.2) is 24.9 Å². The van der Waals surface area contributed by atoms with E-state index in [0.29, 0.717) is 23.5 Å². The van der Waals surface area contributed by atoms with Crippen molar-refractivity contribution in [1.29, 1.82) is 0 Å². The molecule has 0 aliphatic carbocycles. The van der Waals surface area contributed by atoms with Crippen LogP contribution in [0.2, 0.25) is 5.02 Å². The average Bonchev–Trinajstić information content (AvgIpc) is 2.57. The molecule has 0 radical (unpaired) electrons. The molecule has 0 saturated carbocycles. The second kappa shape index (κ2) is 8.31. The highest BCUT2D eigenvalue weighted by Gasteiger charge is 2.06. The molecule has 0 bridgehead atoms. The molecule has 0 unspecified atom stereocenters. The smallest absolute Gasteiger partial charge is 0.251 e. The predicted octanol–water partition coefficient (Wildman–Crippen LogP) is 3.28. The monoisotopic (exact) mass is 349 g/mol. The summed E-state index contributed by atoms with van der Waals surface area (Å²) in [6.07, 6.45) is 0. The van der Waals surface area contributed by atoms with Gasteiger partial charge >= 0.3 is 0 Å².